The Labute approximate surface area is 130 Å². The number of nitrogens with one attached hydrogen (secondary N) is 1. The Kier molecular flexibility index (Phi) is 3.65. The van der Waals surface area contributed by atoms with Crippen molar-refractivity contribution < 1.29 is 4.79 Å². The summed E-state index contributed by atoms with van der Waals surface area (Å²) in [6, 6.07) is 6.03. The fourth-order valence-electron chi connectivity index (χ4n) is 2.11. The van der Waals surface area contributed by atoms with E-state index in [1.807, 2.05) is 31.4 Å². The number of hydrogen-bond acceptors (Lipinski definition) is 5. The Balaban J connectivity index is 1.82. The molecule has 0 aliphatic heterocycles. The quantitative estimate of drug-likeness (QED) is 0.777. The first-order valence-corrected chi connectivity index (χ1v) is 8.22. The molecule has 2 heterocycles. The van der Waals surface area contributed by atoms with Gasteiger partial charge in [-0.2, -0.15) is 0 Å². The number of nitrogen functional groups attached to an aromatic ring is 1. The summed E-state index contributed by atoms with van der Waals surface area (Å²) < 4.78 is 1.04. The standard InChI is InChI=1S/C15H15N3OS2/c1-8-3-4-10-11(5-8)21-14(13(10)16)15(19)17-6-12-18-9(2)7-20-12/h3-5,7H,6,16H2,1-2H3,(H,17,19). The minimum Gasteiger partial charge on any atom is -0.397 e. The predicted octanol–water partition coefficient (Wildman–Crippen LogP) is 3.49. The number of hydrogen-bond donors (Lipinski definition) is 2. The number of aryl methyl sites for hydroxylation is 2. The van der Waals surface area contributed by atoms with Crippen LogP contribution in [0, 0.1) is 13.8 Å². The predicted molar refractivity (Wildman–Crippen MR) is 89.0 cm³/mol. The average molecular weight is 317 g/mol. The SMILES string of the molecule is Cc1ccc2c(N)c(C(=O)NCc3nc(C)cs3)sc2c1. The molecule has 6 heteroatoms. The monoisotopic (exact) mass is 317 g/mol. The van der Waals surface area contributed by atoms with Crippen LogP contribution < -0.4 is 11.1 Å². The molecule has 0 aliphatic rings. The molecule has 1 amide bonds. The van der Waals surface area contributed by atoms with E-state index in [-0.39, 0.29) is 5.91 Å². The largest absolute Gasteiger partial charge is 0.397 e. The molecular formula is C15H15N3OS2. The van der Waals surface area contributed by atoms with E-state index in [9.17, 15) is 4.79 Å². The van der Waals surface area contributed by atoms with E-state index in [0.29, 0.717) is 17.1 Å². The van der Waals surface area contributed by atoms with E-state index in [4.69, 9.17) is 5.73 Å². The van der Waals surface area contributed by atoms with Crippen molar-refractivity contribution in [3.8, 4) is 0 Å². The second kappa shape index (κ2) is 5.46. The average Bonchev–Trinajstić information content (AvgIpc) is 3.00. The first-order chi connectivity index (χ1) is 10.0. The van der Waals surface area contributed by atoms with Crippen LogP contribution >= 0.6 is 22.7 Å². The third-order valence-electron chi connectivity index (χ3n) is 3.16. The van der Waals surface area contributed by atoms with Crippen LogP contribution in [-0.4, -0.2) is 10.9 Å². The third kappa shape index (κ3) is 2.77. The molecule has 4 nitrogen and oxygen atoms in total. The maximum absolute atomic E-state index is 12.3. The molecule has 1 aromatic carbocycles. The van der Waals surface area contributed by atoms with Crippen LogP contribution in [0.3, 0.4) is 0 Å². The first kappa shape index (κ1) is 14.0. The number of carbonyl (C=O) groups is 1. The minimum absolute atomic E-state index is 0.140. The number of anilines is 1. The van der Waals surface area contributed by atoms with Crippen molar-refractivity contribution in [2.24, 2.45) is 0 Å². The fraction of sp³-hybridized carbons (Fsp3) is 0.200. The number of rotatable bonds is 3. The number of benzene rings is 1. The zero-order chi connectivity index (χ0) is 15.0. The van der Waals surface area contributed by atoms with Gasteiger partial charge in [-0.3, -0.25) is 4.79 Å². The number of carbonyl (C=O) groups excluding carboxylic acids is 1. The molecule has 3 aromatic rings. The molecule has 0 fully saturated rings. The molecule has 0 aliphatic carbocycles. The van der Waals surface area contributed by atoms with Crippen molar-refractivity contribution in [1.29, 1.82) is 0 Å². The Morgan fingerprint density at radius 2 is 2.19 bits per heavy atom. The molecule has 2 aromatic heterocycles. The van der Waals surface area contributed by atoms with E-state index in [0.717, 1.165) is 26.4 Å². The molecular weight excluding hydrogens is 302 g/mol. The summed E-state index contributed by atoms with van der Waals surface area (Å²) in [4.78, 5) is 17.2. The highest BCUT2D eigenvalue weighted by Gasteiger charge is 2.16. The number of aromatic nitrogens is 1. The van der Waals surface area contributed by atoms with Crippen LogP contribution in [0.1, 0.15) is 25.9 Å². The number of fused-ring (bicyclic) bond motifs is 1. The lowest BCUT2D eigenvalue weighted by atomic mass is 10.1. The van der Waals surface area contributed by atoms with Crippen molar-refractivity contribution in [2.75, 3.05) is 5.73 Å². The van der Waals surface area contributed by atoms with Gasteiger partial charge < -0.3 is 11.1 Å². The number of amides is 1. The highest BCUT2D eigenvalue weighted by molar-refractivity contribution is 7.21. The van der Waals surface area contributed by atoms with Gasteiger partial charge in [-0.1, -0.05) is 12.1 Å². The summed E-state index contributed by atoms with van der Waals surface area (Å²) in [5.41, 5.74) is 8.79. The molecule has 21 heavy (non-hydrogen) atoms. The van der Waals surface area contributed by atoms with E-state index in [1.165, 1.54) is 11.3 Å². The summed E-state index contributed by atoms with van der Waals surface area (Å²) in [6.07, 6.45) is 0. The van der Waals surface area contributed by atoms with E-state index < -0.39 is 0 Å². The van der Waals surface area contributed by atoms with Gasteiger partial charge in [-0.05, 0) is 25.5 Å². The second-order valence-corrected chi connectivity index (χ2v) is 6.90. The van der Waals surface area contributed by atoms with Crippen molar-refractivity contribution in [3.63, 3.8) is 0 Å². The van der Waals surface area contributed by atoms with E-state index >= 15 is 0 Å². The van der Waals surface area contributed by atoms with Crippen molar-refractivity contribution in [1.82, 2.24) is 10.3 Å². The lowest BCUT2D eigenvalue weighted by Gasteiger charge is -2.01. The maximum Gasteiger partial charge on any atom is 0.263 e. The number of thiazole rings is 1. The molecule has 0 spiro atoms. The van der Waals surface area contributed by atoms with Crippen LogP contribution in [0.25, 0.3) is 10.1 Å². The fourth-order valence-corrected chi connectivity index (χ4v) is 3.96. The van der Waals surface area contributed by atoms with Crippen molar-refractivity contribution >= 4 is 44.4 Å². The summed E-state index contributed by atoms with van der Waals surface area (Å²) in [5.74, 6) is -0.140. The zero-order valence-electron chi connectivity index (χ0n) is 11.8. The van der Waals surface area contributed by atoms with Gasteiger partial charge in [0.15, 0.2) is 0 Å². The third-order valence-corrected chi connectivity index (χ3v) is 5.29. The number of nitrogens with zero attached hydrogens (tertiary/aromatic N) is 1. The Bertz CT molecular complexity index is 820. The molecule has 0 radical (unpaired) electrons. The van der Waals surface area contributed by atoms with Gasteiger partial charge in [0, 0.05) is 21.2 Å². The molecule has 3 N–H and O–H groups in total. The van der Waals surface area contributed by atoms with Crippen LogP contribution in [0.4, 0.5) is 5.69 Å². The van der Waals surface area contributed by atoms with E-state index in [1.54, 1.807) is 11.3 Å². The molecule has 0 unspecified atom stereocenters. The normalized spacial score (nSPS) is 11.0. The van der Waals surface area contributed by atoms with Gasteiger partial charge >= 0.3 is 0 Å². The molecule has 0 bridgehead atoms. The molecule has 0 atom stereocenters. The van der Waals surface area contributed by atoms with E-state index in [2.05, 4.69) is 16.4 Å². The number of thiophene rings is 1. The van der Waals surface area contributed by atoms with Gasteiger partial charge in [0.25, 0.3) is 5.91 Å². The molecule has 3 rings (SSSR count). The van der Waals surface area contributed by atoms with Gasteiger partial charge in [-0.25, -0.2) is 4.98 Å². The highest BCUT2D eigenvalue weighted by Crippen LogP contribution is 2.34. The van der Waals surface area contributed by atoms with Crippen LogP contribution in [0.5, 0.6) is 0 Å². The minimum atomic E-state index is -0.140. The zero-order valence-corrected chi connectivity index (χ0v) is 13.4. The van der Waals surface area contributed by atoms with Crippen LogP contribution in [-0.2, 0) is 6.54 Å². The van der Waals surface area contributed by atoms with Gasteiger partial charge in [0.1, 0.15) is 9.88 Å². The lowest BCUT2D eigenvalue weighted by Crippen LogP contribution is -2.22. The number of nitrogens with two attached hydrogens (primary N) is 1. The summed E-state index contributed by atoms with van der Waals surface area (Å²) in [6.45, 7) is 4.40. The first-order valence-electron chi connectivity index (χ1n) is 6.52. The summed E-state index contributed by atoms with van der Waals surface area (Å²) in [7, 11) is 0. The molecule has 0 saturated heterocycles. The second-order valence-electron chi connectivity index (χ2n) is 4.91. The Morgan fingerprint density at radius 1 is 1.38 bits per heavy atom. The van der Waals surface area contributed by atoms with Crippen LogP contribution in [0.15, 0.2) is 23.6 Å². The summed E-state index contributed by atoms with van der Waals surface area (Å²) >= 11 is 2.98. The van der Waals surface area contributed by atoms with Gasteiger partial charge in [0.05, 0.1) is 12.2 Å². The Morgan fingerprint density at radius 3 is 2.90 bits per heavy atom. The van der Waals surface area contributed by atoms with Crippen molar-refractivity contribution in [3.05, 3.63) is 44.7 Å². The summed E-state index contributed by atoms with van der Waals surface area (Å²) in [5, 5.41) is 6.70. The Hall–Kier alpha value is -1.92. The smallest absolute Gasteiger partial charge is 0.263 e. The lowest BCUT2D eigenvalue weighted by molar-refractivity contribution is 0.0956. The van der Waals surface area contributed by atoms with Gasteiger partial charge in [-0.15, -0.1) is 22.7 Å². The molecule has 108 valence electrons. The molecule has 0 saturated carbocycles. The maximum atomic E-state index is 12.3. The van der Waals surface area contributed by atoms with Gasteiger partial charge in [0.2, 0.25) is 0 Å². The van der Waals surface area contributed by atoms with Crippen molar-refractivity contribution in [2.45, 2.75) is 20.4 Å². The van der Waals surface area contributed by atoms with Crippen LogP contribution in [0.2, 0.25) is 0 Å². The topological polar surface area (TPSA) is 68.0 Å². The highest BCUT2D eigenvalue weighted by atomic mass is 32.1.